The summed E-state index contributed by atoms with van der Waals surface area (Å²) in [5.74, 6) is 1.44. The first-order chi connectivity index (χ1) is 9.54. The van der Waals surface area contributed by atoms with Gasteiger partial charge in [0.25, 0.3) is 0 Å². The van der Waals surface area contributed by atoms with Gasteiger partial charge in [0.1, 0.15) is 11.0 Å². The van der Waals surface area contributed by atoms with Crippen LogP contribution in [0.15, 0.2) is 6.20 Å². The standard InChI is InChI=1S/C14H20ClN5/c1-9(2)7-20(10-4-5-10)8-12-17-13(15)11-6-16-19(3)14(11)18-12/h6,9-10H,4-5,7-8H2,1-3H3. The first-order valence-electron chi connectivity index (χ1n) is 7.12. The number of aromatic nitrogens is 4. The molecule has 0 radical (unpaired) electrons. The summed E-state index contributed by atoms with van der Waals surface area (Å²) in [6, 6.07) is 0.696. The largest absolute Gasteiger partial charge is 0.293 e. The number of hydrogen-bond acceptors (Lipinski definition) is 4. The molecule has 0 aliphatic heterocycles. The van der Waals surface area contributed by atoms with Gasteiger partial charge in [-0.25, -0.2) is 9.97 Å². The van der Waals surface area contributed by atoms with Crippen molar-refractivity contribution < 1.29 is 0 Å². The van der Waals surface area contributed by atoms with Gasteiger partial charge in [-0.05, 0) is 18.8 Å². The highest BCUT2D eigenvalue weighted by Gasteiger charge is 2.30. The molecule has 0 bridgehead atoms. The van der Waals surface area contributed by atoms with E-state index in [9.17, 15) is 0 Å². The molecule has 0 atom stereocenters. The number of hydrogen-bond donors (Lipinski definition) is 0. The second kappa shape index (κ2) is 5.30. The van der Waals surface area contributed by atoms with Crippen molar-refractivity contribution in [2.75, 3.05) is 6.54 Å². The number of nitrogens with zero attached hydrogens (tertiary/aromatic N) is 5. The number of halogens is 1. The average Bonchev–Trinajstić information content (AvgIpc) is 3.14. The van der Waals surface area contributed by atoms with Gasteiger partial charge in [-0.1, -0.05) is 25.4 Å². The Morgan fingerprint density at radius 2 is 2.15 bits per heavy atom. The van der Waals surface area contributed by atoms with Gasteiger partial charge >= 0.3 is 0 Å². The van der Waals surface area contributed by atoms with Crippen LogP contribution in [-0.4, -0.2) is 37.2 Å². The summed E-state index contributed by atoms with van der Waals surface area (Å²) >= 11 is 6.24. The van der Waals surface area contributed by atoms with Crippen molar-refractivity contribution in [2.45, 2.75) is 39.3 Å². The Labute approximate surface area is 124 Å². The maximum absolute atomic E-state index is 6.24. The lowest BCUT2D eigenvalue weighted by atomic mass is 10.2. The van der Waals surface area contributed by atoms with E-state index in [1.807, 2.05) is 7.05 Å². The molecule has 0 unspecified atom stereocenters. The Kier molecular flexibility index (Phi) is 3.65. The Morgan fingerprint density at radius 3 is 2.80 bits per heavy atom. The SMILES string of the molecule is CC(C)CN(Cc1nc(Cl)c2cnn(C)c2n1)C1CC1. The van der Waals surface area contributed by atoms with Crippen LogP contribution in [-0.2, 0) is 13.6 Å². The molecular weight excluding hydrogens is 274 g/mol. The Hall–Kier alpha value is -1.20. The first kappa shape index (κ1) is 13.8. The summed E-state index contributed by atoms with van der Waals surface area (Å²) in [4.78, 5) is 11.5. The van der Waals surface area contributed by atoms with Crippen LogP contribution in [0.1, 0.15) is 32.5 Å². The minimum absolute atomic E-state index is 0.499. The molecule has 1 aliphatic carbocycles. The van der Waals surface area contributed by atoms with E-state index >= 15 is 0 Å². The van der Waals surface area contributed by atoms with Gasteiger partial charge in [-0.15, -0.1) is 0 Å². The van der Waals surface area contributed by atoms with Crippen molar-refractivity contribution in [3.05, 3.63) is 17.2 Å². The molecule has 0 aromatic carbocycles. The zero-order valence-corrected chi connectivity index (χ0v) is 12.9. The molecule has 108 valence electrons. The maximum atomic E-state index is 6.24. The van der Waals surface area contributed by atoms with Crippen molar-refractivity contribution in [3.63, 3.8) is 0 Å². The van der Waals surface area contributed by atoms with Crippen molar-refractivity contribution >= 4 is 22.6 Å². The van der Waals surface area contributed by atoms with Crippen molar-refractivity contribution in [1.82, 2.24) is 24.6 Å². The third-order valence-corrected chi connectivity index (χ3v) is 3.89. The van der Waals surface area contributed by atoms with E-state index in [2.05, 4.69) is 33.8 Å². The minimum atomic E-state index is 0.499. The smallest absolute Gasteiger partial charge is 0.162 e. The highest BCUT2D eigenvalue weighted by atomic mass is 35.5. The van der Waals surface area contributed by atoms with Crippen LogP contribution in [0.4, 0.5) is 0 Å². The molecule has 6 heteroatoms. The molecule has 20 heavy (non-hydrogen) atoms. The minimum Gasteiger partial charge on any atom is -0.293 e. The number of aryl methyl sites for hydroxylation is 1. The van der Waals surface area contributed by atoms with Crippen molar-refractivity contribution in [1.29, 1.82) is 0 Å². The topological polar surface area (TPSA) is 46.8 Å². The monoisotopic (exact) mass is 293 g/mol. The van der Waals surface area contributed by atoms with Crippen LogP contribution >= 0.6 is 11.6 Å². The van der Waals surface area contributed by atoms with Gasteiger partial charge in [-0.3, -0.25) is 9.58 Å². The van der Waals surface area contributed by atoms with E-state index < -0.39 is 0 Å². The van der Waals surface area contributed by atoms with Crippen LogP contribution < -0.4 is 0 Å². The molecule has 5 nitrogen and oxygen atoms in total. The lowest BCUT2D eigenvalue weighted by Crippen LogP contribution is -2.30. The van der Waals surface area contributed by atoms with Gasteiger partial charge in [-0.2, -0.15) is 5.10 Å². The third-order valence-electron chi connectivity index (χ3n) is 3.60. The van der Waals surface area contributed by atoms with E-state index in [-0.39, 0.29) is 0 Å². The number of rotatable bonds is 5. The third kappa shape index (κ3) is 2.79. The molecule has 0 saturated heterocycles. The van der Waals surface area contributed by atoms with E-state index in [1.165, 1.54) is 12.8 Å². The summed E-state index contributed by atoms with van der Waals surface area (Å²) in [5, 5.41) is 5.51. The van der Waals surface area contributed by atoms with Crippen LogP contribution in [0.3, 0.4) is 0 Å². The summed E-state index contributed by atoms with van der Waals surface area (Å²) in [6.45, 7) is 6.33. The van der Waals surface area contributed by atoms with E-state index in [1.54, 1.807) is 10.9 Å². The first-order valence-corrected chi connectivity index (χ1v) is 7.50. The molecule has 2 aromatic rings. The van der Waals surface area contributed by atoms with E-state index in [0.717, 1.165) is 29.9 Å². The van der Waals surface area contributed by atoms with Crippen LogP contribution in [0.2, 0.25) is 5.15 Å². The molecular formula is C14H20ClN5. The fraction of sp³-hybridized carbons (Fsp3) is 0.643. The second-order valence-corrected chi connectivity index (χ2v) is 6.35. The van der Waals surface area contributed by atoms with Gasteiger partial charge in [0.2, 0.25) is 0 Å². The molecule has 1 fully saturated rings. The highest BCUT2D eigenvalue weighted by Crippen LogP contribution is 2.29. The maximum Gasteiger partial charge on any atom is 0.162 e. The molecule has 1 aliphatic rings. The fourth-order valence-corrected chi connectivity index (χ4v) is 2.76. The summed E-state index contributed by atoms with van der Waals surface area (Å²) in [7, 11) is 1.88. The fourth-order valence-electron chi connectivity index (χ4n) is 2.53. The van der Waals surface area contributed by atoms with Gasteiger partial charge < -0.3 is 0 Å². The summed E-state index contributed by atoms with van der Waals surface area (Å²) in [6.07, 6.45) is 4.29. The Morgan fingerprint density at radius 1 is 1.40 bits per heavy atom. The normalized spacial score (nSPS) is 15.7. The van der Waals surface area contributed by atoms with E-state index in [0.29, 0.717) is 17.1 Å². The molecule has 2 aromatic heterocycles. The van der Waals surface area contributed by atoms with Crippen LogP contribution in [0.25, 0.3) is 11.0 Å². The molecule has 1 saturated carbocycles. The zero-order chi connectivity index (χ0) is 14.3. The zero-order valence-electron chi connectivity index (χ0n) is 12.2. The van der Waals surface area contributed by atoms with Crippen LogP contribution in [0, 0.1) is 5.92 Å². The molecule has 2 heterocycles. The molecule has 0 N–H and O–H groups in total. The Bertz CT molecular complexity index is 617. The van der Waals surface area contributed by atoms with Gasteiger partial charge in [0, 0.05) is 19.6 Å². The molecule has 0 amide bonds. The van der Waals surface area contributed by atoms with Gasteiger partial charge in [0.15, 0.2) is 5.65 Å². The van der Waals surface area contributed by atoms with Gasteiger partial charge in [0.05, 0.1) is 18.1 Å². The highest BCUT2D eigenvalue weighted by molar-refractivity contribution is 6.33. The van der Waals surface area contributed by atoms with Crippen molar-refractivity contribution in [3.8, 4) is 0 Å². The average molecular weight is 294 g/mol. The summed E-state index contributed by atoms with van der Waals surface area (Å²) in [5.41, 5.74) is 0.806. The summed E-state index contributed by atoms with van der Waals surface area (Å²) < 4.78 is 1.75. The second-order valence-electron chi connectivity index (χ2n) is 5.99. The lowest BCUT2D eigenvalue weighted by molar-refractivity contribution is 0.221. The van der Waals surface area contributed by atoms with E-state index in [4.69, 9.17) is 11.6 Å². The predicted octanol–water partition coefficient (Wildman–Crippen LogP) is 2.64. The van der Waals surface area contributed by atoms with Crippen molar-refractivity contribution in [2.24, 2.45) is 13.0 Å². The molecule has 0 spiro atoms. The predicted molar refractivity (Wildman–Crippen MR) is 79.6 cm³/mol. The Balaban J connectivity index is 1.87. The quantitative estimate of drug-likeness (QED) is 0.795. The number of fused-ring (bicyclic) bond motifs is 1. The molecule has 3 rings (SSSR count). The van der Waals surface area contributed by atoms with Crippen LogP contribution in [0.5, 0.6) is 0 Å². The lowest BCUT2D eigenvalue weighted by Gasteiger charge is -2.23.